The Morgan fingerprint density at radius 2 is 2.11 bits per heavy atom. The van der Waals surface area contributed by atoms with Gasteiger partial charge >= 0.3 is 0 Å². The predicted octanol–water partition coefficient (Wildman–Crippen LogP) is 1.57. The number of rotatable bonds is 0. The summed E-state index contributed by atoms with van der Waals surface area (Å²) >= 11 is 0. The zero-order valence-corrected chi connectivity index (χ0v) is 6.63. The fourth-order valence-corrected chi connectivity index (χ4v) is 1.73. The maximum absolute atomic E-state index is 3.56. The van der Waals surface area contributed by atoms with E-state index in [2.05, 4.69) is 12.2 Å². The highest BCUT2D eigenvalue weighted by Crippen LogP contribution is 2.44. The van der Waals surface area contributed by atoms with Crippen molar-refractivity contribution >= 4 is 12.4 Å². The molecular formula is C7H14ClN. The topological polar surface area (TPSA) is 12.0 Å². The number of hydrogen-bond acceptors (Lipinski definition) is 1. The number of nitrogens with one attached hydrogen (secondary N) is 1. The molecular weight excluding hydrogens is 134 g/mol. The summed E-state index contributed by atoms with van der Waals surface area (Å²) in [7, 11) is 0. The van der Waals surface area contributed by atoms with Crippen LogP contribution in [0.4, 0.5) is 0 Å². The molecule has 1 atom stereocenters. The van der Waals surface area contributed by atoms with Gasteiger partial charge in [0.1, 0.15) is 0 Å². The predicted molar refractivity (Wildman–Crippen MR) is 41.0 cm³/mol. The lowest BCUT2D eigenvalue weighted by molar-refractivity contribution is 0.576. The highest BCUT2D eigenvalue weighted by Gasteiger charge is 2.46. The smallest absolute Gasteiger partial charge is 0.0186 e. The molecule has 0 amide bonds. The second-order valence-electron chi connectivity index (χ2n) is 3.47. The molecule has 1 saturated carbocycles. The van der Waals surface area contributed by atoms with Crippen LogP contribution in [-0.2, 0) is 0 Å². The molecule has 1 heterocycles. The first-order chi connectivity index (χ1) is 3.81. The Hall–Kier alpha value is 0.250. The van der Waals surface area contributed by atoms with E-state index in [4.69, 9.17) is 0 Å². The lowest BCUT2D eigenvalue weighted by atomic mass is 10.1. The van der Waals surface area contributed by atoms with Crippen LogP contribution in [0, 0.1) is 5.92 Å². The van der Waals surface area contributed by atoms with Gasteiger partial charge in [0.25, 0.3) is 0 Å². The average Bonchev–Trinajstić information content (AvgIpc) is 2.34. The van der Waals surface area contributed by atoms with Crippen LogP contribution in [0.3, 0.4) is 0 Å². The lowest BCUT2D eigenvalue weighted by Crippen LogP contribution is -2.22. The highest BCUT2D eigenvalue weighted by atomic mass is 35.5. The van der Waals surface area contributed by atoms with E-state index in [0.717, 1.165) is 5.92 Å². The van der Waals surface area contributed by atoms with Crippen molar-refractivity contribution < 1.29 is 0 Å². The van der Waals surface area contributed by atoms with Crippen molar-refractivity contribution in [2.24, 2.45) is 5.92 Å². The van der Waals surface area contributed by atoms with Gasteiger partial charge < -0.3 is 5.32 Å². The van der Waals surface area contributed by atoms with E-state index >= 15 is 0 Å². The molecule has 2 heteroatoms. The van der Waals surface area contributed by atoms with Crippen molar-refractivity contribution in [2.45, 2.75) is 31.7 Å². The van der Waals surface area contributed by atoms with Crippen molar-refractivity contribution in [3.8, 4) is 0 Å². The molecule has 1 N–H and O–H groups in total. The Bertz CT molecular complexity index is 109. The van der Waals surface area contributed by atoms with Crippen molar-refractivity contribution in [1.82, 2.24) is 5.32 Å². The van der Waals surface area contributed by atoms with Crippen LogP contribution in [-0.4, -0.2) is 12.1 Å². The number of halogens is 1. The molecule has 0 aromatic carbocycles. The Morgan fingerprint density at radius 3 is 2.33 bits per heavy atom. The monoisotopic (exact) mass is 147 g/mol. The van der Waals surface area contributed by atoms with E-state index < -0.39 is 0 Å². The Labute approximate surface area is 62.6 Å². The van der Waals surface area contributed by atoms with Gasteiger partial charge in [-0.1, -0.05) is 6.92 Å². The Balaban J connectivity index is 0.000000405. The van der Waals surface area contributed by atoms with Gasteiger partial charge in [0.05, 0.1) is 0 Å². The van der Waals surface area contributed by atoms with E-state index in [9.17, 15) is 0 Å². The Kier molecular flexibility index (Phi) is 1.75. The van der Waals surface area contributed by atoms with E-state index in [1.807, 2.05) is 0 Å². The molecule has 0 bridgehead atoms. The molecule has 1 aliphatic heterocycles. The third-order valence-corrected chi connectivity index (χ3v) is 2.42. The van der Waals surface area contributed by atoms with E-state index in [-0.39, 0.29) is 12.4 Å². The van der Waals surface area contributed by atoms with Crippen LogP contribution in [0.2, 0.25) is 0 Å². The summed E-state index contributed by atoms with van der Waals surface area (Å²) in [6.45, 7) is 3.60. The van der Waals surface area contributed by atoms with Crippen molar-refractivity contribution in [1.29, 1.82) is 0 Å². The van der Waals surface area contributed by atoms with Crippen LogP contribution in [0.25, 0.3) is 0 Å². The molecule has 9 heavy (non-hydrogen) atoms. The van der Waals surface area contributed by atoms with Crippen molar-refractivity contribution in [2.75, 3.05) is 6.54 Å². The van der Waals surface area contributed by atoms with Gasteiger partial charge in [0, 0.05) is 5.54 Å². The zero-order chi connectivity index (χ0) is 5.61. The van der Waals surface area contributed by atoms with Crippen molar-refractivity contribution in [3.63, 3.8) is 0 Å². The maximum Gasteiger partial charge on any atom is 0.0186 e. The molecule has 1 aliphatic carbocycles. The third kappa shape index (κ3) is 1.22. The molecule has 0 unspecified atom stereocenters. The summed E-state index contributed by atoms with van der Waals surface area (Å²) < 4.78 is 0. The minimum Gasteiger partial charge on any atom is -0.311 e. The molecule has 54 valence electrons. The molecule has 1 spiro atoms. The van der Waals surface area contributed by atoms with Gasteiger partial charge in [0.15, 0.2) is 0 Å². The molecule has 0 aromatic heterocycles. The van der Waals surface area contributed by atoms with Gasteiger partial charge in [-0.2, -0.15) is 0 Å². The van der Waals surface area contributed by atoms with Gasteiger partial charge in [0.2, 0.25) is 0 Å². The molecule has 1 saturated heterocycles. The van der Waals surface area contributed by atoms with Gasteiger partial charge in [-0.25, -0.2) is 0 Å². The second kappa shape index (κ2) is 2.14. The highest BCUT2D eigenvalue weighted by molar-refractivity contribution is 5.85. The largest absolute Gasteiger partial charge is 0.311 e. The fourth-order valence-electron chi connectivity index (χ4n) is 1.73. The fraction of sp³-hybridized carbons (Fsp3) is 1.00. The summed E-state index contributed by atoms with van der Waals surface area (Å²) in [6, 6.07) is 0. The summed E-state index contributed by atoms with van der Waals surface area (Å²) in [5, 5.41) is 3.56. The first-order valence-corrected chi connectivity index (χ1v) is 3.56. The third-order valence-electron chi connectivity index (χ3n) is 2.42. The lowest BCUT2D eigenvalue weighted by Gasteiger charge is -2.01. The van der Waals surface area contributed by atoms with Crippen LogP contribution in [0.15, 0.2) is 0 Å². The summed E-state index contributed by atoms with van der Waals surface area (Å²) in [5.74, 6) is 0.942. The maximum atomic E-state index is 3.56. The Morgan fingerprint density at radius 1 is 1.44 bits per heavy atom. The van der Waals surface area contributed by atoms with Crippen molar-refractivity contribution in [3.05, 3.63) is 0 Å². The molecule has 1 nitrogen and oxygen atoms in total. The van der Waals surface area contributed by atoms with Crippen LogP contribution < -0.4 is 5.32 Å². The van der Waals surface area contributed by atoms with Gasteiger partial charge in [-0.15, -0.1) is 12.4 Å². The summed E-state index contributed by atoms with van der Waals surface area (Å²) in [6.07, 6.45) is 4.32. The normalized spacial score (nSPS) is 36.3. The molecule has 0 radical (unpaired) electrons. The molecule has 2 aliphatic rings. The van der Waals surface area contributed by atoms with Crippen LogP contribution in [0.5, 0.6) is 0 Å². The SMILES string of the molecule is C[C@@H]1CNC2(CC2)C1.Cl. The molecule has 2 rings (SSSR count). The zero-order valence-electron chi connectivity index (χ0n) is 5.81. The average molecular weight is 148 g/mol. The second-order valence-corrected chi connectivity index (χ2v) is 3.47. The molecule has 0 aromatic rings. The molecule has 2 fully saturated rings. The van der Waals surface area contributed by atoms with Crippen LogP contribution in [0.1, 0.15) is 26.2 Å². The minimum absolute atomic E-state index is 0. The van der Waals surface area contributed by atoms with Crippen LogP contribution >= 0.6 is 12.4 Å². The number of hydrogen-bond donors (Lipinski definition) is 1. The van der Waals surface area contributed by atoms with E-state index in [0.29, 0.717) is 5.54 Å². The first kappa shape index (κ1) is 7.36. The van der Waals surface area contributed by atoms with Gasteiger partial charge in [-0.05, 0) is 31.7 Å². The van der Waals surface area contributed by atoms with Gasteiger partial charge in [-0.3, -0.25) is 0 Å². The quantitative estimate of drug-likeness (QED) is 0.549. The minimum atomic E-state index is 0. The van der Waals surface area contributed by atoms with E-state index in [1.54, 1.807) is 0 Å². The summed E-state index contributed by atoms with van der Waals surface area (Å²) in [4.78, 5) is 0. The standard InChI is InChI=1S/C7H13N.ClH/c1-6-4-7(2-3-7)8-5-6;/h6,8H,2-5H2,1H3;1H/t6-;/m0./s1. The summed E-state index contributed by atoms with van der Waals surface area (Å²) in [5.41, 5.74) is 0.666. The van der Waals surface area contributed by atoms with E-state index in [1.165, 1.54) is 25.8 Å². The first-order valence-electron chi connectivity index (χ1n) is 3.56.